The number of nitrogens with two attached hydrogens (primary N) is 2. The summed E-state index contributed by atoms with van der Waals surface area (Å²) in [7, 11) is 1.97. The minimum absolute atomic E-state index is 0.0248. The van der Waals surface area contributed by atoms with Gasteiger partial charge in [0.1, 0.15) is 42.0 Å². The molecule has 6 atom stereocenters. The molecule has 1 fully saturated rings. The van der Waals surface area contributed by atoms with Crippen molar-refractivity contribution in [3.05, 3.63) is 35.9 Å². The van der Waals surface area contributed by atoms with Gasteiger partial charge in [0.2, 0.25) is 47.3 Å². The van der Waals surface area contributed by atoms with Gasteiger partial charge in [-0.05, 0) is 76.1 Å². The zero-order chi connectivity index (χ0) is 51.1. The van der Waals surface area contributed by atoms with E-state index in [0.29, 0.717) is 31.4 Å². The molecule has 0 saturated carbocycles. The first-order chi connectivity index (χ1) is 32.9. The maximum atomic E-state index is 14.2. The summed E-state index contributed by atoms with van der Waals surface area (Å²) in [6, 6.07) is 0.445. The highest BCUT2D eigenvalue weighted by atomic mass is 33.1. The number of carbonyl (C=O) groups excluding carboxylic acids is 9. The fourth-order valence-corrected chi connectivity index (χ4v) is 9.22. The summed E-state index contributed by atoms with van der Waals surface area (Å²) in [5.74, 6) is -8.10. The lowest BCUT2D eigenvalue weighted by Gasteiger charge is -2.26. The van der Waals surface area contributed by atoms with Gasteiger partial charge < -0.3 is 64.4 Å². The van der Waals surface area contributed by atoms with E-state index in [-0.39, 0.29) is 74.3 Å². The van der Waals surface area contributed by atoms with Crippen molar-refractivity contribution in [3.63, 3.8) is 0 Å². The summed E-state index contributed by atoms with van der Waals surface area (Å²) in [5, 5.41) is 33.3. The zero-order valence-electron chi connectivity index (χ0n) is 39.2. The number of nitrogens with zero attached hydrogens (tertiary/aromatic N) is 1. The quantitative estimate of drug-likeness (QED) is 0.0203. The molecule has 0 unspecified atom stereocenters. The fourth-order valence-electron chi connectivity index (χ4n) is 6.46. The summed E-state index contributed by atoms with van der Waals surface area (Å²) in [4.78, 5) is 137. The van der Waals surface area contributed by atoms with Gasteiger partial charge in [0.15, 0.2) is 5.96 Å². The molecular formula is C43H68N12O11S3. The van der Waals surface area contributed by atoms with E-state index in [2.05, 4.69) is 52.8 Å². The Morgan fingerprint density at radius 1 is 0.870 bits per heavy atom. The lowest BCUT2D eigenvalue weighted by Crippen LogP contribution is -2.59. The molecule has 14 N–H and O–H groups in total. The van der Waals surface area contributed by atoms with Crippen molar-refractivity contribution in [2.45, 2.75) is 108 Å². The highest BCUT2D eigenvalue weighted by Gasteiger charge is 2.34. The first kappa shape index (κ1) is 59.5. The summed E-state index contributed by atoms with van der Waals surface area (Å²) >= 11 is 1.58. The third kappa shape index (κ3) is 25.5. The first-order valence-electron chi connectivity index (χ1n) is 22.5. The topological polar surface area (TPSA) is 364 Å². The standard InChI is InChI=1S/C43H68N12O11S3/c1-4-46-17-9-8-14-29(50-34(57)16-11-19-67-3)39(63)54-32-24-68-69-25-33(42(66)53-30(38(62)48-22-26(2)56)20-27-12-6-5-7-13-27)55-40(64)31(21-36(59)60)51-35(58)23-49-37(61)28(52-41(32)65)15-10-18-47-43(44)45/h5-7,12-13,28-33,46H,4,8-11,14-25H2,1-3H3,(H,48,62)(H,49,61)(H,50,57)(H,51,58)(H,52,65)(H,53,66)(H,54,63)(H,55,64)(H,59,60)(H4,44,45,47)/t28-,29-,30-,31-,32-,33-/m0/s1. The van der Waals surface area contributed by atoms with Gasteiger partial charge in [-0.15, -0.1) is 0 Å². The minimum Gasteiger partial charge on any atom is -0.481 e. The van der Waals surface area contributed by atoms with Crippen LogP contribution in [-0.4, -0.2) is 163 Å². The van der Waals surface area contributed by atoms with Gasteiger partial charge in [-0.1, -0.05) is 58.8 Å². The lowest BCUT2D eigenvalue weighted by atomic mass is 10.0. The first-order valence-corrected chi connectivity index (χ1v) is 26.4. The molecule has 0 aliphatic carbocycles. The SMILES string of the molecule is CCNCCCC[C@H](NC(=O)CCCSC)C(=O)N[C@H]1CSSC[C@@H](C(=O)N[C@@H](Cc2ccccc2)C(=O)NCC(C)=O)NC(=O)[C@H](CC(=O)O)NC(=O)CNC(=O)[C@H](CCCN=C(N)N)NC1=O. The molecule has 0 spiro atoms. The number of hydrogen-bond donors (Lipinski definition) is 12. The van der Waals surface area contributed by atoms with Crippen molar-refractivity contribution in [2.24, 2.45) is 16.5 Å². The van der Waals surface area contributed by atoms with Crippen molar-refractivity contribution in [1.29, 1.82) is 0 Å². The minimum atomic E-state index is -1.74. The highest BCUT2D eigenvalue weighted by Crippen LogP contribution is 2.24. The largest absolute Gasteiger partial charge is 0.481 e. The number of thioether (sulfide) groups is 1. The Morgan fingerprint density at radius 2 is 1.59 bits per heavy atom. The van der Waals surface area contributed by atoms with Gasteiger partial charge in [0, 0.05) is 30.9 Å². The van der Waals surface area contributed by atoms with E-state index in [0.717, 1.165) is 33.9 Å². The van der Waals surface area contributed by atoms with E-state index in [1.807, 2.05) is 13.2 Å². The molecule has 0 radical (unpaired) electrons. The van der Waals surface area contributed by atoms with Gasteiger partial charge in [0.05, 0.1) is 19.5 Å². The summed E-state index contributed by atoms with van der Waals surface area (Å²) in [6.07, 6.45) is 3.34. The predicted molar refractivity (Wildman–Crippen MR) is 266 cm³/mol. The van der Waals surface area contributed by atoms with Gasteiger partial charge in [-0.3, -0.25) is 52.9 Å². The molecule has 1 aromatic carbocycles. The molecule has 1 saturated heterocycles. The second kappa shape index (κ2) is 33.8. The molecule has 26 heteroatoms. The molecule has 0 aromatic heterocycles. The summed E-state index contributed by atoms with van der Waals surface area (Å²) < 4.78 is 0. The Bertz CT molecular complexity index is 1910. The zero-order valence-corrected chi connectivity index (χ0v) is 41.7. The number of amides is 8. The number of aliphatic carboxylic acids is 1. The van der Waals surface area contributed by atoms with E-state index in [1.54, 1.807) is 42.1 Å². The van der Waals surface area contributed by atoms with Crippen LogP contribution in [0, 0.1) is 0 Å². The lowest BCUT2D eigenvalue weighted by molar-refractivity contribution is -0.141. The number of nitrogens with one attached hydrogen (secondary N) is 9. The molecule has 69 heavy (non-hydrogen) atoms. The van der Waals surface area contributed by atoms with Crippen molar-refractivity contribution in [1.82, 2.24) is 47.9 Å². The number of hydrogen-bond acceptors (Lipinski definition) is 15. The number of carbonyl (C=O) groups is 10. The second-order valence-electron chi connectivity index (χ2n) is 15.9. The molecule has 8 amide bonds. The number of benzene rings is 1. The Morgan fingerprint density at radius 3 is 2.26 bits per heavy atom. The monoisotopic (exact) mass is 1020 g/mol. The molecule has 1 aliphatic rings. The second-order valence-corrected chi connectivity index (χ2v) is 19.4. The van der Waals surface area contributed by atoms with E-state index in [4.69, 9.17) is 11.5 Å². The van der Waals surface area contributed by atoms with Crippen molar-refractivity contribution in [2.75, 3.05) is 56.2 Å². The third-order valence-corrected chi connectivity index (χ3v) is 13.1. The Balaban J connectivity index is 2.57. The van der Waals surface area contributed by atoms with Crippen LogP contribution >= 0.6 is 33.3 Å². The summed E-state index contributed by atoms with van der Waals surface area (Å²) in [5.41, 5.74) is 11.6. The fraction of sp³-hybridized carbons (Fsp3) is 0.605. The number of aliphatic imine (C=N–C) groups is 1. The molecule has 2 rings (SSSR count). The van der Waals surface area contributed by atoms with Gasteiger partial charge in [-0.25, -0.2) is 0 Å². The molecule has 1 aromatic rings. The van der Waals surface area contributed by atoms with Gasteiger partial charge in [-0.2, -0.15) is 11.8 Å². The number of carboxylic acids is 1. The Labute approximate surface area is 414 Å². The van der Waals surface area contributed by atoms with Gasteiger partial charge in [0.25, 0.3) is 0 Å². The molecule has 1 heterocycles. The maximum absolute atomic E-state index is 14.2. The third-order valence-electron chi connectivity index (χ3n) is 10.0. The number of rotatable bonds is 26. The number of unbranched alkanes of at least 4 members (excludes halogenated alkanes) is 1. The average Bonchev–Trinajstić information content (AvgIpc) is 3.30. The molecule has 384 valence electrons. The van der Waals surface area contributed by atoms with E-state index in [1.165, 1.54) is 6.92 Å². The van der Waals surface area contributed by atoms with Crippen LogP contribution < -0.4 is 59.3 Å². The number of Topliss-reactive ketones (excluding diaryl/α,β-unsaturated/α-hetero) is 1. The maximum Gasteiger partial charge on any atom is 0.305 e. The van der Waals surface area contributed by atoms with E-state index < -0.39 is 96.5 Å². The van der Waals surface area contributed by atoms with Crippen LogP contribution in [0.3, 0.4) is 0 Å². The molecule has 1 aliphatic heterocycles. The number of guanidine groups is 1. The molecule has 0 bridgehead atoms. The van der Waals surface area contributed by atoms with Crippen LogP contribution in [0.15, 0.2) is 35.3 Å². The van der Waals surface area contributed by atoms with Crippen molar-refractivity contribution >= 4 is 98.3 Å². The van der Waals surface area contributed by atoms with E-state index in [9.17, 15) is 53.1 Å². The van der Waals surface area contributed by atoms with E-state index >= 15 is 0 Å². The van der Waals surface area contributed by atoms with Crippen molar-refractivity contribution in [3.8, 4) is 0 Å². The molecular weight excluding hydrogens is 957 g/mol. The highest BCUT2D eigenvalue weighted by molar-refractivity contribution is 8.76. The summed E-state index contributed by atoms with van der Waals surface area (Å²) in [6.45, 7) is 3.63. The average molecular weight is 1030 g/mol. The number of carboxylic acid groups (broad SMARTS) is 1. The predicted octanol–water partition coefficient (Wildman–Crippen LogP) is -2.19. The Kier molecular flexibility index (Phi) is 29.2. The van der Waals surface area contributed by atoms with Crippen LogP contribution in [0.1, 0.15) is 70.8 Å². The normalized spacial score (nSPS) is 19.1. The number of ketones is 1. The van der Waals surface area contributed by atoms with Crippen LogP contribution in [-0.2, 0) is 54.4 Å². The Hall–Kier alpha value is -5.60. The van der Waals surface area contributed by atoms with Gasteiger partial charge >= 0.3 is 5.97 Å². The smallest absolute Gasteiger partial charge is 0.305 e. The van der Waals surface area contributed by atoms with Crippen LogP contribution in [0.5, 0.6) is 0 Å². The van der Waals surface area contributed by atoms with Crippen LogP contribution in [0.25, 0.3) is 0 Å². The molecule has 23 nitrogen and oxygen atoms in total. The van der Waals surface area contributed by atoms with Crippen LogP contribution in [0.2, 0.25) is 0 Å². The van der Waals surface area contributed by atoms with Crippen molar-refractivity contribution < 1.29 is 53.1 Å². The van der Waals surface area contributed by atoms with Crippen LogP contribution in [0.4, 0.5) is 0 Å².